The van der Waals surface area contributed by atoms with Crippen molar-refractivity contribution < 1.29 is 28.6 Å². The fourth-order valence-corrected chi connectivity index (χ4v) is 5.57. The Kier molecular flexibility index (Phi) is 11.9. The molecule has 0 saturated heterocycles. The van der Waals surface area contributed by atoms with Crippen LogP contribution in [0.5, 0.6) is 17.2 Å². The number of hydrogen-bond acceptors (Lipinski definition) is 7. The van der Waals surface area contributed by atoms with Gasteiger partial charge in [0.15, 0.2) is 11.5 Å². The molecule has 0 aliphatic carbocycles. The molecule has 1 atom stereocenters. The van der Waals surface area contributed by atoms with Gasteiger partial charge in [0.05, 0.1) is 26.6 Å². The Hall–Kier alpha value is -5.22. The summed E-state index contributed by atoms with van der Waals surface area (Å²) >= 11 is 1.41. The zero-order chi connectivity index (χ0) is 33.1. The fraction of sp³-hybridized carbons (Fsp3) is 0.194. The number of aryl methyl sites for hydroxylation is 1. The lowest BCUT2D eigenvalue weighted by molar-refractivity contribution is -0.116. The molecule has 0 saturated carbocycles. The highest BCUT2D eigenvalue weighted by molar-refractivity contribution is 8.00. The maximum absolute atomic E-state index is 13.7. The van der Waals surface area contributed by atoms with E-state index >= 15 is 0 Å². The van der Waals surface area contributed by atoms with Gasteiger partial charge >= 0.3 is 0 Å². The third-order valence-electron chi connectivity index (χ3n) is 6.96. The Balaban J connectivity index is 1.59. The van der Waals surface area contributed by atoms with Gasteiger partial charge in [-0.2, -0.15) is 0 Å². The second-order valence-electron chi connectivity index (χ2n) is 10.1. The van der Waals surface area contributed by atoms with Gasteiger partial charge in [0, 0.05) is 21.8 Å². The quantitative estimate of drug-likeness (QED) is 0.107. The maximum atomic E-state index is 13.7. The minimum atomic E-state index is -0.551. The molecule has 0 heterocycles. The fourth-order valence-electron chi connectivity index (χ4n) is 4.55. The Morgan fingerprint density at radius 1 is 0.804 bits per heavy atom. The molecule has 1 unspecified atom stereocenters. The predicted octanol–water partition coefficient (Wildman–Crippen LogP) is 6.94. The van der Waals surface area contributed by atoms with Crippen LogP contribution in [0.15, 0.2) is 102 Å². The van der Waals surface area contributed by atoms with Gasteiger partial charge in [0.1, 0.15) is 5.70 Å². The smallest absolute Gasteiger partial charge is 0.272 e. The molecule has 0 aliphatic rings. The highest BCUT2D eigenvalue weighted by atomic mass is 32.2. The van der Waals surface area contributed by atoms with Crippen molar-refractivity contribution in [1.82, 2.24) is 5.32 Å². The first-order valence-corrected chi connectivity index (χ1v) is 15.5. The lowest BCUT2D eigenvalue weighted by Gasteiger charge is -2.17. The molecule has 0 aliphatic heterocycles. The highest BCUT2D eigenvalue weighted by Crippen LogP contribution is 2.38. The van der Waals surface area contributed by atoms with E-state index in [0.29, 0.717) is 40.5 Å². The van der Waals surface area contributed by atoms with Gasteiger partial charge in [-0.1, -0.05) is 49.4 Å². The maximum Gasteiger partial charge on any atom is 0.272 e. The molecule has 0 bridgehead atoms. The van der Waals surface area contributed by atoms with Gasteiger partial charge in [-0.25, -0.2) is 0 Å². The lowest BCUT2D eigenvalue weighted by atomic mass is 10.1. The molecular weight excluding hydrogens is 602 g/mol. The van der Waals surface area contributed by atoms with E-state index in [9.17, 15) is 14.4 Å². The summed E-state index contributed by atoms with van der Waals surface area (Å²) in [5.41, 5.74) is 3.16. The SMILES string of the molecule is CCC(Sc1cccc(NC(=O)/C(=C\c2cc(OC)c(OC)c(OC)c2)NC(=O)c2ccccc2)c1)C(=O)Nc1ccccc1C. The molecular formula is C36H37N3O6S. The number of methoxy groups -OCH3 is 3. The number of nitrogens with one attached hydrogen (secondary N) is 3. The van der Waals surface area contributed by atoms with E-state index in [1.807, 2.05) is 44.2 Å². The summed E-state index contributed by atoms with van der Waals surface area (Å²) in [6, 6.07) is 26.8. The molecule has 3 N–H and O–H groups in total. The van der Waals surface area contributed by atoms with Crippen molar-refractivity contribution in [1.29, 1.82) is 0 Å². The summed E-state index contributed by atoms with van der Waals surface area (Å²) in [5, 5.41) is 8.29. The standard InChI is InChI=1S/C36H37N3O6S/c1-6-32(36(42)38-28-18-11-10-13-23(28)2)46-27-17-12-16-26(22-27)37-35(41)29(39-34(40)25-14-8-7-9-15-25)19-24-20-30(43-3)33(45-5)31(21-24)44-4/h7-22,32H,6H2,1-5H3,(H,37,41)(H,38,42)(H,39,40)/b29-19+. The molecule has 3 amide bonds. The van der Waals surface area contributed by atoms with Crippen LogP contribution in [0.25, 0.3) is 6.08 Å². The molecule has 0 radical (unpaired) electrons. The topological polar surface area (TPSA) is 115 Å². The van der Waals surface area contributed by atoms with Gasteiger partial charge in [0.2, 0.25) is 11.7 Å². The number of anilines is 2. The molecule has 0 spiro atoms. The van der Waals surface area contributed by atoms with Crippen LogP contribution in [0.1, 0.15) is 34.8 Å². The minimum absolute atomic E-state index is 0.00905. The molecule has 10 heteroatoms. The average molecular weight is 640 g/mol. The normalized spacial score (nSPS) is 11.6. The number of carbonyl (C=O) groups is 3. The van der Waals surface area contributed by atoms with Gasteiger partial charge in [-0.15, -0.1) is 11.8 Å². The van der Waals surface area contributed by atoms with E-state index in [0.717, 1.165) is 16.1 Å². The number of amides is 3. The second kappa shape index (κ2) is 16.2. The summed E-state index contributed by atoms with van der Waals surface area (Å²) in [4.78, 5) is 40.7. The number of para-hydroxylation sites is 1. The Bertz CT molecular complexity index is 1700. The number of carbonyl (C=O) groups excluding carboxylic acids is 3. The van der Waals surface area contributed by atoms with Crippen molar-refractivity contribution >= 4 is 46.9 Å². The van der Waals surface area contributed by atoms with Crippen LogP contribution >= 0.6 is 11.8 Å². The van der Waals surface area contributed by atoms with E-state index in [4.69, 9.17) is 14.2 Å². The van der Waals surface area contributed by atoms with E-state index in [1.54, 1.807) is 60.7 Å². The number of rotatable bonds is 13. The van der Waals surface area contributed by atoms with Crippen LogP contribution in [0.2, 0.25) is 0 Å². The van der Waals surface area contributed by atoms with Crippen LogP contribution in [0.3, 0.4) is 0 Å². The summed E-state index contributed by atoms with van der Waals surface area (Å²) in [7, 11) is 4.49. The molecule has 46 heavy (non-hydrogen) atoms. The summed E-state index contributed by atoms with van der Waals surface area (Å²) in [6.07, 6.45) is 2.13. The van der Waals surface area contributed by atoms with Crippen molar-refractivity contribution in [2.75, 3.05) is 32.0 Å². The third kappa shape index (κ3) is 8.70. The van der Waals surface area contributed by atoms with E-state index < -0.39 is 11.8 Å². The Labute approximate surface area is 273 Å². The van der Waals surface area contributed by atoms with Gasteiger partial charge in [-0.05, 0) is 79.1 Å². The first-order valence-electron chi connectivity index (χ1n) is 14.6. The molecule has 0 fully saturated rings. The highest BCUT2D eigenvalue weighted by Gasteiger charge is 2.20. The summed E-state index contributed by atoms with van der Waals surface area (Å²) in [6.45, 7) is 3.90. The Morgan fingerprint density at radius 3 is 2.11 bits per heavy atom. The second-order valence-corrected chi connectivity index (χ2v) is 11.4. The van der Waals surface area contributed by atoms with Crippen LogP contribution in [0, 0.1) is 6.92 Å². The molecule has 4 aromatic rings. The monoisotopic (exact) mass is 639 g/mol. The summed E-state index contributed by atoms with van der Waals surface area (Å²) in [5.74, 6) is 0.0747. The molecule has 4 aromatic carbocycles. The van der Waals surface area contributed by atoms with Crippen LogP contribution < -0.4 is 30.2 Å². The van der Waals surface area contributed by atoms with E-state index in [1.165, 1.54) is 39.2 Å². The van der Waals surface area contributed by atoms with Crippen LogP contribution in [-0.4, -0.2) is 44.3 Å². The van der Waals surface area contributed by atoms with Crippen molar-refractivity contribution in [2.24, 2.45) is 0 Å². The van der Waals surface area contributed by atoms with Gasteiger partial charge < -0.3 is 30.2 Å². The van der Waals surface area contributed by atoms with Crippen LogP contribution in [0.4, 0.5) is 11.4 Å². The first-order chi connectivity index (χ1) is 22.3. The number of hydrogen-bond donors (Lipinski definition) is 3. The van der Waals surface area contributed by atoms with Crippen molar-refractivity contribution in [2.45, 2.75) is 30.4 Å². The zero-order valence-electron chi connectivity index (χ0n) is 26.4. The number of benzene rings is 4. The third-order valence-corrected chi connectivity index (χ3v) is 8.32. The molecule has 0 aromatic heterocycles. The van der Waals surface area contributed by atoms with Gasteiger partial charge in [-0.3, -0.25) is 14.4 Å². The summed E-state index contributed by atoms with van der Waals surface area (Å²) < 4.78 is 16.3. The largest absolute Gasteiger partial charge is 0.493 e. The van der Waals surface area contributed by atoms with E-state index in [-0.39, 0.29) is 16.9 Å². The Morgan fingerprint density at radius 2 is 1.48 bits per heavy atom. The van der Waals surface area contributed by atoms with E-state index in [2.05, 4.69) is 16.0 Å². The first kappa shape index (κ1) is 33.7. The molecule has 9 nitrogen and oxygen atoms in total. The van der Waals surface area contributed by atoms with Crippen LogP contribution in [-0.2, 0) is 9.59 Å². The zero-order valence-corrected chi connectivity index (χ0v) is 27.2. The number of ether oxygens (including phenoxy) is 3. The number of thioether (sulfide) groups is 1. The lowest BCUT2D eigenvalue weighted by Crippen LogP contribution is -2.30. The van der Waals surface area contributed by atoms with Crippen molar-refractivity contribution in [3.05, 3.63) is 113 Å². The van der Waals surface area contributed by atoms with Crippen molar-refractivity contribution in [3.63, 3.8) is 0 Å². The van der Waals surface area contributed by atoms with Crippen molar-refractivity contribution in [3.8, 4) is 17.2 Å². The molecule has 4 rings (SSSR count). The van der Waals surface area contributed by atoms with Gasteiger partial charge in [0.25, 0.3) is 11.8 Å². The minimum Gasteiger partial charge on any atom is -0.493 e. The predicted molar refractivity (Wildman–Crippen MR) is 183 cm³/mol. The molecule has 238 valence electrons. The average Bonchev–Trinajstić information content (AvgIpc) is 3.07.